The molecule has 1 rings (SSSR count). The summed E-state index contributed by atoms with van der Waals surface area (Å²) in [4.78, 5) is 31.9. The first-order valence-electron chi connectivity index (χ1n) is 7.49. The Morgan fingerprint density at radius 3 is 2.29 bits per heavy atom. The van der Waals surface area contributed by atoms with E-state index < -0.39 is 11.9 Å². The van der Waals surface area contributed by atoms with Gasteiger partial charge in [-0.05, 0) is 19.4 Å². The van der Waals surface area contributed by atoms with Gasteiger partial charge in [0, 0.05) is 11.6 Å². The minimum Gasteiger partial charge on any atom is -0.478 e. The Hall–Kier alpha value is -2.41. The number of esters is 2. The van der Waals surface area contributed by atoms with Crippen molar-refractivity contribution in [3.8, 4) is 0 Å². The van der Waals surface area contributed by atoms with E-state index in [9.17, 15) is 14.4 Å². The zero-order valence-electron chi connectivity index (χ0n) is 14.1. The van der Waals surface area contributed by atoms with E-state index in [0.29, 0.717) is 25.4 Å². The molecule has 0 saturated carbocycles. The average molecular weight is 340 g/mol. The molecule has 7 nitrogen and oxygen atoms in total. The Labute approximate surface area is 141 Å². The second kappa shape index (κ2) is 12.1. The van der Waals surface area contributed by atoms with Crippen molar-refractivity contribution < 1.29 is 33.7 Å². The normalized spacial score (nSPS) is 15.0. The van der Waals surface area contributed by atoms with Crippen molar-refractivity contribution in [1.82, 2.24) is 0 Å². The average Bonchev–Trinajstić information content (AvgIpc) is 3.35. The minimum absolute atomic E-state index is 0.0449. The molecule has 1 atom stereocenters. The van der Waals surface area contributed by atoms with Crippen LogP contribution in [-0.4, -0.2) is 48.9 Å². The van der Waals surface area contributed by atoms with Crippen LogP contribution in [0, 0.1) is 0 Å². The lowest BCUT2D eigenvalue weighted by Gasteiger charge is -2.02. The molecule has 0 aromatic heterocycles. The third-order valence-corrected chi connectivity index (χ3v) is 2.57. The highest BCUT2D eigenvalue weighted by Crippen LogP contribution is 2.09. The molecule has 7 heteroatoms. The van der Waals surface area contributed by atoms with Crippen LogP contribution in [0.2, 0.25) is 0 Å². The molecule has 24 heavy (non-hydrogen) atoms. The van der Waals surface area contributed by atoms with Gasteiger partial charge in [0.15, 0.2) is 0 Å². The quantitative estimate of drug-likeness (QED) is 0.225. The van der Waals surface area contributed by atoms with Crippen LogP contribution in [0.15, 0.2) is 36.5 Å². The maximum atomic E-state index is 11.1. The molecule has 134 valence electrons. The summed E-state index contributed by atoms with van der Waals surface area (Å²) in [7, 11) is 0. The fraction of sp³-hybridized carbons (Fsp3) is 0.471. The third-order valence-electron chi connectivity index (χ3n) is 2.57. The number of carbonyl (C=O) groups is 3. The SMILES string of the molecule is C=C(C)C(=O)OCC1CO1.C=C(C=CC(=O)O)C(=O)OCCCC. The summed E-state index contributed by atoms with van der Waals surface area (Å²) >= 11 is 0. The van der Waals surface area contributed by atoms with E-state index in [1.165, 1.54) is 0 Å². The highest BCUT2D eigenvalue weighted by Gasteiger charge is 2.24. The predicted octanol–water partition coefficient (Wildman–Crippen LogP) is 2.03. The van der Waals surface area contributed by atoms with Gasteiger partial charge in [-0.3, -0.25) is 0 Å². The van der Waals surface area contributed by atoms with E-state index in [1.807, 2.05) is 6.92 Å². The third kappa shape index (κ3) is 12.2. The number of epoxide rings is 1. The highest BCUT2D eigenvalue weighted by atomic mass is 16.6. The topological polar surface area (TPSA) is 102 Å². The molecule has 0 aliphatic carbocycles. The number of hydrogen-bond acceptors (Lipinski definition) is 6. The molecule has 0 aromatic rings. The Balaban J connectivity index is 0.000000463. The maximum absolute atomic E-state index is 11.1. The molecule has 1 aliphatic rings. The number of unbranched alkanes of at least 4 members (excludes halogenated alkanes) is 1. The molecular weight excluding hydrogens is 316 g/mol. The fourth-order valence-electron chi connectivity index (χ4n) is 1.10. The van der Waals surface area contributed by atoms with Gasteiger partial charge in [0.2, 0.25) is 0 Å². The molecule has 1 unspecified atom stereocenters. The van der Waals surface area contributed by atoms with Crippen LogP contribution in [0.4, 0.5) is 0 Å². The van der Waals surface area contributed by atoms with Gasteiger partial charge in [-0.15, -0.1) is 0 Å². The lowest BCUT2D eigenvalue weighted by molar-refractivity contribution is -0.140. The summed E-state index contributed by atoms with van der Waals surface area (Å²) in [6.07, 6.45) is 3.84. The van der Waals surface area contributed by atoms with Gasteiger partial charge >= 0.3 is 17.9 Å². The highest BCUT2D eigenvalue weighted by molar-refractivity contribution is 5.93. The van der Waals surface area contributed by atoms with Crippen molar-refractivity contribution in [2.45, 2.75) is 32.8 Å². The molecule has 1 saturated heterocycles. The molecule has 1 fully saturated rings. The fourth-order valence-corrected chi connectivity index (χ4v) is 1.10. The second-order valence-corrected chi connectivity index (χ2v) is 5.02. The van der Waals surface area contributed by atoms with Crippen molar-refractivity contribution >= 4 is 17.9 Å². The van der Waals surface area contributed by atoms with Gasteiger partial charge in [0.05, 0.1) is 18.8 Å². The molecule has 1 N–H and O–H groups in total. The Morgan fingerprint density at radius 2 is 1.83 bits per heavy atom. The van der Waals surface area contributed by atoms with Gasteiger partial charge in [0.25, 0.3) is 0 Å². The van der Waals surface area contributed by atoms with Crippen molar-refractivity contribution in [3.63, 3.8) is 0 Å². The van der Waals surface area contributed by atoms with Gasteiger partial charge < -0.3 is 19.3 Å². The van der Waals surface area contributed by atoms with Gasteiger partial charge in [-0.25, -0.2) is 14.4 Å². The number of aliphatic carboxylic acids is 1. The first-order chi connectivity index (χ1) is 11.3. The number of carbonyl (C=O) groups excluding carboxylic acids is 2. The van der Waals surface area contributed by atoms with E-state index >= 15 is 0 Å². The van der Waals surface area contributed by atoms with E-state index in [1.54, 1.807) is 6.92 Å². The van der Waals surface area contributed by atoms with Crippen molar-refractivity contribution in [3.05, 3.63) is 36.5 Å². The number of rotatable bonds is 9. The van der Waals surface area contributed by atoms with E-state index in [2.05, 4.69) is 13.2 Å². The Kier molecular flexibility index (Phi) is 10.9. The summed E-state index contributed by atoms with van der Waals surface area (Å²) in [6.45, 7) is 11.8. The Bertz CT molecular complexity index is 501. The van der Waals surface area contributed by atoms with Crippen LogP contribution in [0.3, 0.4) is 0 Å². The number of carboxylic acids is 1. The molecule has 0 spiro atoms. The second-order valence-electron chi connectivity index (χ2n) is 5.02. The predicted molar refractivity (Wildman–Crippen MR) is 87.3 cm³/mol. The summed E-state index contributed by atoms with van der Waals surface area (Å²) < 4.78 is 14.4. The summed E-state index contributed by atoms with van der Waals surface area (Å²) in [5.41, 5.74) is 0.476. The molecule has 1 heterocycles. The van der Waals surface area contributed by atoms with Crippen molar-refractivity contribution in [2.75, 3.05) is 19.8 Å². The van der Waals surface area contributed by atoms with Crippen molar-refractivity contribution in [2.24, 2.45) is 0 Å². The van der Waals surface area contributed by atoms with Gasteiger partial charge in [-0.2, -0.15) is 0 Å². The number of carboxylic acid groups (broad SMARTS) is 1. The van der Waals surface area contributed by atoms with Crippen LogP contribution in [0.5, 0.6) is 0 Å². The summed E-state index contributed by atoms with van der Waals surface area (Å²) in [5, 5.41) is 8.28. The van der Waals surface area contributed by atoms with E-state index in [-0.39, 0.29) is 17.6 Å². The lowest BCUT2D eigenvalue weighted by Crippen LogP contribution is -2.09. The van der Waals surface area contributed by atoms with Crippen molar-refractivity contribution in [1.29, 1.82) is 0 Å². The van der Waals surface area contributed by atoms with Crippen LogP contribution in [-0.2, 0) is 28.6 Å². The number of ether oxygens (including phenoxy) is 3. The molecule has 1 aliphatic heterocycles. The molecule has 0 bridgehead atoms. The smallest absolute Gasteiger partial charge is 0.337 e. The maximum Gasteiger partial charge on any atom is 0.337 e. The van der Waals surface area contributed by atoms with Crippen LogP contribution in [0.25, 0.3) is 0 Å². The summed E-state index contributed by atoms with van der Waals surface area (Å²) in [6, 6.07) is 0. The standard InChI is InChI=1S/C10H14O4.C7H10O3/c1-3-4-7-14-10(13)8(2)5-6-9(11)12;1-5(2)7(8)10-4-6-3-9-6/h5-6H,2-4,7H2,1H3,(H,11,12);6H,1,3-4H2,2H3. The molecule has 0 aromatic carbocycles. The monoisotopic (exact) mass is 340 g/mol. The van der Waals surface area contributed by atoms with Crippen LogP contribution < -0.4 is 0 Å². The first-order valence-corrected chi connectivity index (χ1v) is 7.49. The molecular formula is C17H24O7. The largest absolute Gasteiger partial charge is 0.478 e. The van der Waals surface area contributed by atoms with Crippen LogP contribution in [0.1, 0.15) is 26.7 Å². The molecule has 0 amide bonds. The first kappa shape index (κ1) is 21.6. The van der Waals surface area contributed by atoms with Gasteiger partial charge in [-0.1, -0.05) is 26.5 Å². The van der Waals surface area contributed by atoms with E-state index in [4.69, 9.17) is 19.3 Å². The van der Waals surface area contributed by atoms with Gasteiger partial charge in [0.1, 0.15) is 12.7 Å². The number of hydrogen-bond donors (Lipinski definition) is 1. The Morgan fingerprint density at radius 1 is 1.21 bits per heavy atom. The van der Waals surface area contributed by atoms with Crippen LogP contribution >= 0.6 is 0 Å². The molecule has 0 radical (unpaired) electrons. The minimum atomic E-state index is -1.12. The lowest BCUT2D eigenvalue weighted by atomic mass is 10.3. The zero-order chi connectivity index (χ0) is 18.5. The summed E-state index contributed by atoms with van der Waals surface area (Å²) in [5.74, 6) is -2.03. The zero-order valence-corrected chi connectivity index (χ0v) is 14.1. The van der Waals surface area contributed by atoms with E-state index in [0.717, 1.165) is 25.0 Å².